The van der Waals surface area contributed by atoms with Gasteiger partial charge in [0.05, 0.1) is 5.56 Å². The van der Waals surface area contributed by atoms with Crippen LogP contribution in [0.15, 0.2) is 54.6 Å². The third-order valence-corrected chi connectivity index (χ3v) is 4.68. The predicted octanol–water partition coefficient (Wildman–Crippen LogP) is 6.08. The molecule has 7 heteroatoms. The molecule has 0 saturated carbocycles. The maximum absolute atomic E-state index is 13.1. The highest BCUT2D eigenvalue weighted by Gasteiger charge is 2.30. The molecule has 4 nitrogen and oxygen atoms in total. The van der Waals surface area contributed by atoms with Gasteiger partial charge in [-0.2, -0.15) is 13.2 Å². The molecule has 1 N–H and O–H groups in total. The lowest BCUT2D eigenvalue weighted by Gasteiger charge is -2.13. The van der Waals surface area contributed by atoms with Crippen molar-refractivity contribution in [1.82, 2.24) is 14.4 Å². The molecule has 0 aliphatic carbocycles. The van der Waals surface area contributed by atoms with Crippen molar-refractivity contribution in [3.63, 3.8) is 0 Å². The lowest BCUT2D eigenvalue weighted by molar-refractivity contribution is -0.137. The van der Waals surface area contributed by atoms with Gasteiger partial charge in [0.1, 0.15) is 11.5 Å². The Hall–Kier alpha value is -3.35. The Bertz CT molecular complexity index is 1190. The van der Waals surface area contributed by atoms with Gasteiger partial charge < -0.3 is 5.32 Å². The van der Waals surface area contributed by atoms with Crippen LogP contribution in [0.2, 0.25) is 0 Å². The molecule has 0 radical (unpaired) electrons. The smallest absolute Gasteiger partial charge is 0.339 e. The van der Waals surface area contributed by atoms with Crippen molar-refractivity contribution >= 4 is 17.3 Å². The van der Waals surface area contributed by atoms with Crippen molar-refractivity contribution in [3.8, 4) is 11.3 Å². The summed E-state index contributed by atoms with van der Waals surface area (Å²) in [6.45, 7) is 5.79. The molecule has 2 heterocycles. The highest BCUT2D eigenvalue weighted by Crippen LogP contribution is 2.34. The van der Waals surface area contributed by atoms with Crippen LogP contribution in [0.25, 0.3) is 17.0 Å². The SMILES string of the molecule is Cc1ccc(-c2nc3nc(C)cc(C)n3c2Nc2cccc(C(F)(F)F)c2)cc1. The molecule has 148 valence electrons. The van der Waals surface area contributed by atoms with Gasteiger partial charge in [-0.15, -0.1) is 0 Å². The maximum atomic E-state index is 13.1. The fourth-order valence-electron chi connectivity index (χ4n) is 3.31. The topological polar surface area (TPSA) is 42.2 Å². The van der Waals surface area contributed by atoms with Crippen LogP contribution in [0.3, 0.4) is 0 Å². The minimum absolute atomic E-state index is 0.329. The summed E-state index contributed by atoms with van der Waals surface area (Å²) in [6.07, 6.45) is -4.41. The molecule has 0 saturated heterocycles. The Morgan fingerprint density at radius 3 is 2.31 bits per heavy atom. The Labute approximate surface area is 166 Å². The number of nitrogens with zero attached hydrogens (tertiary/aromatic N) is 3. The van der Waals surface area contributed by atoms with Crippen LogP contribution in [-0.4, -0.2) is 14.4 Å². The molecule has 0 fully saturated rings. The van der Waals surface area contributed by atoms with Crippen LogP contribution < -0.4 is 5.32 Å². The molecule has 4 aromatic rings. The molecule has 2 aromatic carbocycles. The minimum atomic E-state index is -4.41. The lowest BCUT2D eigenvalue weighted by Crippen LogP contribution is -2.06. The molecule has 0 aliphatic heterocycles. The summed E-state index contributed by atoms with van der Waals surface area (Å²) in [5.41, 5.74) is 3.91. The third kappa shape index (κ3) is 3.68. The number of halogens is 3. The first-order chi connectivity index (χ1) is 13.7. The number of aromatic nitrogens is 3. The number of aryl methyl sites for hydroxylation is 3. The predicted molar refractivity (Wildman–Crippen MR) is 107 cm³/mol. The van der Waals surface area contributed by atoms with Gasteiger partial charge in [-0.1, -0.05) is 35.9 Å². The molecule has 0 spiro atoms. The zero-order valence-electron chi connectivity index (χ0n) is 16.2. The monoisotopic (exact) mass is 396 g/mol. The molecule has 0 unspecified atom stereocenters. The molecule has 4 rings (SSSR count). The molecule has 0 aliphatic rings. The van der Waals surface area contributed by atoms with Crippen molar-refractivity contribution < 1.29 is 13.2 Å². The van der Waals surface area contributed by atoms with E-state index in [0.29, 0.717) is 23.0 Å². The Morgan fingerprint density at radius 1 is 0.897 bits per heavy atom. The van der Waals surface area contributed by atoms with E-state index in [4.69, 9.17) is 0 Å². The van der Waals surface area contributed by atoms with Crippen LogP contribution in [0.4, 0.5) is 24.7 Å². The molecular weight excluding hydrogens is 377 g/mol. The fourth-order valence-corrected chi connectivity index (χ4v) is 3.31. The zero-order valence-corrected chi connectivity index (χ0v) is 16.2. The van der Waals surface area contributed by atoms with Gasteiger partial charge in [0.15, 0.2) is 0 Å². The van der Waals surface area contributed by atoms with E-state index in [1.807, 2.05) is 55.5 Å². The molecule has 29 heavy (non-hydrogen) atoms. The van der Waals surface area contributed by atoms with Crippen molar-refractivity contribution in [1.29, 1.82) is 0 Å². The number of fused-ring (bicyclic) bond motifs is 1. The second-order valence-electron chi connectivity index (χ2n) is 7.05. The molecule has 0 atom stereocenters. The number of hydrogen-bond donors (Lipinski definition) is 1. The van der Waals surface area contributed by atoms with Gasteiger partial charge in [-0.25, -0.2) is 9.97 Å². The van der Waals surface area contributed by atoms with Crippen molar-refractivity contribution in [3.05, 3.63) is 77.1 Å². The highest BCUT2D eigenvalue weighted by molar-refractivity contribution is 5.79. The second kappa shape index (κ2) is 6.92. The Balaban J connectivity index is 1.90. The van der Waals surface area contributed by atoms with Gasteiger partial charge in [-0.05, 0) is 45.0 Å². The normalized spacial score (nSPS) is 11.8. The first-order valence-corrected chi connectivity index (χ1v) is 9.10. The van der Waals surface area contributed by atoms with Gasteiger partial charge in [0.2, 0.25) is 5.78 Å². The number of nitrogens with one attached hydrogen (secondary N) is 1. The first-order valence-electron chi connectivity index (χ1n) is 9.10. The molecule has 0 bridgehead atoms. The van der Waals surface area contributed by atoms with Gasteiger partial charge in [0.25, 0.3) is 0 Å². The van der Waals surface area contributed by atoms with E-state index in [1.54, 1.807) is 6.07 Å². The second-order valence-corrected chi connectivity index (χ2v) is 7.05. The average molecular weight is 396 g/mol. The van der Waals surface area contributed by atoms with Crippen LogP contribution in [0.5, 0.6) is 0 Å². The van der Waals surface area contributed by atoms with E-state index in [0.717, 1.165) is 34.6 Å². The van der Waals surface area contributed by atoms with Crippen LogP contribution in [-0.2, 0) is 6.18 Å². The van der Waals surface area contributed by atoms with Crippen molar-refractivity contribution in [2.45, 2.75) is 26.9 Å². The van der Waals surface area contributed by atoms with E-state index < -0.39 is 11.7 Å². The zero-order chi connectivity index (χ0) is 20.8. The van der Waals surface area contributed by atoms with Crippen LogP contribution in [0.1, 0.15) is 22.5 Å². The number of rotatable bonds is 3. The molecule has 0 amide bonds. The number of hydrogen-bond acceptors (Lipinski definition) is 3. The summed E-state index contributed by atoms with van der Waals surface area (Å²) >= 11 is 0. The summed E-state index contributed by atoms with van der Waals surface area (Å²) in [6, 6.07) is 14.9. The van der Waals surface area contributed by atoms with E-state index >= 15 is 0 Å². The number of benzene rings is 2. The quantitative estimate of drug-likeness (QED) is 0.456. The van der Waals surface area contributed by atoms with Crippen LogP contribution >= 0.6 is 0 Å². The summed E-state index contributed by atoms with van der Waals surface area (Å²) in [7, 11) is 0. The summed E-state index contributed by atoms with van der Waals surface area (Å²) in [5.74, 6) is 1.07. The van der Waals surface area contributed by atoms with Crippen LogP contribution in [0, 0.1) is 20.8 Å². The van der Waals surface area contributed by atoms with E-state index in [1.165, 1.54) is 6.07 Å². The lowest BCUT2D eigenvalue weighted by atomic mass is 10.1. The Kier molecular flexibility index (Phi) is 4.53. The Morgan fingerprint density at radius 2 is 1.62 bits per heavy atom. The van der Waals surface area contributed by atoms with E-state index in [2.05, 4.69) is 15.3 Å². The fraction of sp³-hybridized carbons (Fsp3) is 0.182. The number of alkyl halides is 3. The summed E-state index contributed by atoms with van der Waals surface area (Å²) in [4.78, 5) is 9.16. The number of imidazole rings is 1. The number of anilines is 2. The third-order valence-electron chi connectivity index (χ3n) is 4.68. The van der Waals surface area contributed by atoms with E-state index in [9.17, 15) is 13.2 Å². The largest absolute Gasteiger partial charge is 0.416 e. The van der Waals surface area contributed by atoms with Crippen molar-refractivity contribution in [2.24, 2.45) is 0 Å². The van der Waals surface area contributed by atoms with Gasteiger partial charge in [-0.3, -0.25) is 4.40 Å². The average Bonchev–Trinajstić information content (AvgIpc) is 3.00. The van der Waals surface area contributed by atoms with Gasteiger partial charge in [0, 0.05) is 22.6 Å². The summed E-state index contributed by atoms with van der Waals surface area (Å²) < 4.78 is 41.2. The first kappa shape index (κ1) is 19.0. The van der Waals surface area contributed by atoms with Gasteiger partial charge >= 0.3 is 6.18 Å². The minimum Gasteiger partial charge on any atom is -0.339 e. The van der Waals surface area contributed by atoms with E-state index in [-0.39, 0.29) is 0 Å². The van der Waals surface area contributed by atoms with Crippen molar-refractivity contribution in [2.75, 3.05) is 5.32 Å². The molecule has 2 aromatic heterocycles. The molecular formula is C22H19F3N4. The summed E-state index contributed by atoms with van der Waals surface area (Å²) in [5, 5.41) is 3.14. The maximum Gasteiger partial charge on any atom is 0.416 e. The standard InChI is InChI=1S/C22H19F3N4/c1-13-7-9-16(10-8-13)19-20(29-15(3)11-14(2)26-21(29)28-19)27-18-6-4-5-17(12-18)22(23,24)25/h4-12,27H,1-3H3. The highest BCUT2D eigenvalue weighted by atomic mass is 19.4.